The van der Waals surface area contributed by atoms with Crippen LogP contribution in [0.5, 0.6) is 5.75 Å². The number of hydrogen-bond donors (Lipinski definition) is 2. The summed E-state index contributed by atoms with van der Waals surface area (Å²) in [5.41, 5.74) is 3.98. The maximum atomic E-state index is 11.1. The molecule has 0 radical (unpaired) electrons. The molecule has 6 unspecified atom stereocenters. The molecule has 35 heavy (non-hydrogen) atoms. The Labute approximate surface area is 211 Å². The molecule has 6 heteroatoms. The Balaban J connectivity index is 1.32. The van der Waals surface area contributed by atoms with Gasteiger partial charge >= 0.3 is 0 Å². The lowest BCUT2D eigenvalue weighted by Gasteiger charge is -2.47. The molecule has 1 saturated heterocycles. The van der Waals surface area contributed by atoms with E-state index in [0.717, 1.165) is 28.0 Å². The number of ether oxygens (including phenoxy) is 3. The van der Waals surface area contributed by atoms with Crippen molar-refractivity contribution < 1.29 is 24.4 Å². The first-order chi connectivity index (χ1) is 17.0. The predicted molar refractivity (Wildman–Crippen MR) is 135 cm³/mol. The van der Waals surface area contributed by atoms with E-state index in [0.29, 0.717) is 31.1 Å². The molecule has 2 aliphatic rings. The van der Waals surface area contributed by atoms with Crippen molar-refractivity contribution in [2.75, 3.05) is 13.2 Å². The molecule has 184 valence electrons. The Hall–Kier alpha value is -2.41. The van der Waals surface area contributed by atoms with Crippen LogP contribution in [0, 0.1) is 5.92 Å². The van der Waals surface area contributed by atoms with Crippen LogP contribution in [0.25, 0.3) is 0 Å². The summed E-state index contributed by atoms with van der Waals surface area (Å²) in [5, 5.41) is 22.8. The summed E-state index contributed by atoms with van der Waals surface area (Å²) in [6.45, 7) is 3.07. The average molecular weight is 495 g/mol. The largest absolute Gasteiger partial charge is 0.494 e. The van der Waals surface area contributed by atoms with Gasteiger partial charge in [-0.25, -0.2) is 0 Å². The number of benzene rings is 3. The Kier molecular flexibility index (Phi) is 7.42. The fourth-order valence-electron chi connectivity index (χ4n) is 5.23. The highest BCUT2D eigenvalue weighted by atomic mass is 35.5. The highest BCUT2D eigenvalue weighted by Gasteiger charge is 2.48. The van der Waals surface area contributed by atoms with Gasteiger partial charge in [-0.2, -0.15) is 0 Å². The van der Waals surface area contributed by atoms with E-state index in [1.165, 1.54) is 0 Å². The molecular formula is C29H31ClO5. The third-order valence-electron chi connectivity index (χ3n) is 7.06. The summed E-state index contributed by atoms with van der Waals surface area (Å²) in [5.74, 6) is 0.600. The van der Waals surface area contributed by atoms with E-state index in [4.69, 9.17) is 25.8 Å². The van der Waals surface area contributed by atoms with Gasteiger partial charge in [-0.05, 0) is 54.7 Å². The summed E-state index contributed by atoms with van der Waals surface area (Å²) in [6, 6.07) is 23.6. The molecule has 5 nitrogen and oxygen atoms in total. The van der Waals surface area contributed by atoms with Gasteiger partial charge in [0.1, 0.15) is 11.9 Å². The Bertz CT molecular complexity index is 1120. The topological polar surface area (TPSA) is 68.2 Å². The van der Waals surface area contributed by atoms with Crippen molar-refractivity contribution in [1.29, 1.82) is 0 Å². The standard InChI is InChI=1S/C29H31ClO5/c1-2-33-23-11-8-18(9-12-23)14-21-15-20(10-13-25(21)30)24-16-22-17-34-29(19-6-4-3-5-7-19)35-28(22)27(32)26(24)31/h3-13,15,22,24,26-29,31-32H,2,14,16-17H2,1H3. The summed E-state index contributed by atoms with van der Waals surface area (Å²) in [7, 11) is 0. The SMILES string of the molecule is CCOc1ccc(Cc2cc(C3CC4COC(c5ccccc5)OC4C(O)C3O)ccc2Cl)cc1. The van der Waals surface area contributed by atoms with Crippen LogP contribution < -0.4 is 4.74 Å². The molecule has 1 aliphatic heterocycles. The minimum atomic E-state index is -1.00. The van der Waals surface area contributed by atoms with Crippen LogP contribution >= 0.6 is 11.6 Å². The van der Waals surface area contributed by atoms with Crippen LogP contribution in [0.1, 0.15) is 47.8 Å². The van der Waals surface area contributed by atoms with Crippen LogP contribution in [-0.2, 0) is 15.9 Å². The Morgan fingerprint density at radius 1 is 0.943 bits per heavy atom. The quantitative estimate of drug-likeness (QED) is 0.488. The lowest BCUT2D eigenvalue weighted by Crippen LogP contribution is -2.55. The lowest BCUT2D eigenvalue weighted by atomic mass is 9.72. The smallest absolute Gasteiger partial charge is 0.184 e. The van der Waals surface area contributed by atoms with Gasteiger partial charge in [-0.15, -0.1) is 0 Å². The zero-order valence-corrected chi connectivity index (χ0v) is 20.5. The predicted octanol–water partition coefficient (Wildman–Crippen LogP) is 5.27. The summed E-state index contributed by atoms with van der Waals surface area (Å²) < 4.78 is 17.7. The third kappa shape index (κ3) is 5.25. The number of halogens is 1. The molecule has 1 aliphatic carbocycles. The van der Waals surface area contributed by atoms with Crippen LogP contribution in [0.15, 0.2) is 72.8 Å². The molecule has 1 heterocycles. The molecule has 0 spiro atoms. The van der Waals surface area contributed by atoms with E-state index >= 15 is 0 Å². The molecule has 6 atom stereocenters. The summed E-state index contributed by atoms with van der Waals surface area (Å²) >= 11 is 6.54. The van der Waals surface area contributed by atoms with E-state index < -0.39 is 24.6 Å². The van der Waals surface area contributed by atoms with E-state index in [-0.39, 0.29) is 11.8 Å². The van der Waals surface area contributed by atoms with Gasteiger partial charge in [-0.3, -0.25) is 0 Å². The van der Waals surface area contributed by atoms with E-state index in [1.807, 2.05) is 73.7 Å². The normalized spacial score (nSPS) is 28.3. The van der Waals surface area contributed by atoms with Crippen molar-refractivity contribution in [1.82, 2.24) is 0 Å². The van der Waals surface area contributed by atoms with Crippen LogP contribution in [0.3, 0.4) is 0 Å². The van der Waals surface area contributed by atoms with Crippen LogP contribution in [-0.4, -0.2) is 41.7 Å². The minimum Gasteiger partial charge on any atom is -0.494 e. The highest BCUT2D eigenvalue weighted by Crippen LogP contribution is 2.43. The summed E-state index contributed by atoms with van der Waals surface area (Å²) in [4.78, 5) is 0. The molecule has 0 bridgehead atoms. The van der Waals surface area contributed by atoms with Gasteiger partial charge < -0.3 is 24.4 Å². The number of fused-ring (bicyclic) bond motifs is 1. The van der Waals surface area contributed by atoms with Gasteiger partial charge in [0.25, 0.3) is 0 Å². The first-order valence-electron chi connectivity index (χ1n) is 12.2. The zero-order chi connectivity index (χ0) is 24.4. The summed E-state index contributed by atoms with van der Waals surface area (Å²) in [6.07, 6.45) is -1.62. The van der Waals surface area contributed by atoms with Crippen LogP contribution in [0.4, 0.5) is 0 Å². The van der Waals surface area contributed by atoms with Crippen molar-refractivity contribution >= 4 is 11.6 Å². The van der Waals surface area contributed by atoms with Crippen molar-refractivity contribution in [2.45, 2.75) is 50.3 Å². The number of hydrogen-bond acceptors (Lipinski definition) is 5. The molecule has 2 fully saturated rings. The maximum absolute atomic E-state index is 11.1. The molecule has 5 rings (SSSR count). The fraction of sp³-hybridized carbons (Fsp3) is 0.379. The van der Waals surface area contributed by atoms with Gasteiger partial charge in [0.05, 0.1) is 25.4 Å². The maximum Gasteiger partial charge on any atom is 0.184 e. The average Bonchev–Trinajstić information content (AvgIpc) is 2.89. The Morgan fingerprint density at radius 3 is 2.46 bits per heavy atom. The van der Waals surface area contributed by atoms with Gasteiger partial charge in [0.2, 0.25) is 0 Å². The van der Waals surface area contributed by atoms with Gasteiger partial charge in [-0.1, -0.05) is 66.2 Å². The molecule has 3 aromatic rings. The fourth-order valence-corrected chi connectivity index (χ4v) is 5.41. The molecule has 0 amide bonds. The second kappa shape index (κ2) is 10.7. The van der Waals surface area contributed by atoms with Crippen molar-refractivity contribution in [3.8, 4) is 5.75 Å². The van der Waals surface area contributed by atoms with E-state index in [1.54, 1.807) is 0 Å². The number of aliphatic hydroxyl groups is 2. The van der Waals surface area contributed by atoms with Crippen molar-refractivity contribution in [3.63, 3.8) is 0 Å². The van der Waals surface area contributed by atoms with Crippen molar-refractivity contribution in [2.24, 2.45) is 5.92 Å². The number of aliphatic hydroxyl groups excluding tert-OH is 2. The Morgan fingerprint density at radius 2 is 1.71 bits per heavy atom. The zero-order valence-electron chi connectivity index (χ0n) is 19.7. The molecule has 3 aromatic carbocycles. The second-order valence-corrected chi connectivity index (χ2v) is 9.77. The van der Waals surface area contributed by atoms with Gasteiger partial charge in [0, 0.05) is 22.4 Å². The van der Waals surface area contributed by atoms with Crippen LogP contribution in [0.2, 0.25) is 5.02 Å². The van der Waals surface area contributed by atoms with Crippen molar-refractivity contribution in [3.05, 3.63) is 100 Å². The van der Waals surface area contributed by atoms with E-state index in [9.17, 15) is 10.2 Å². The second-order valence-electron chi connectivity index (χ2n) is 9.36. The minimum absolute atomic E-state index is 0.0106. The third-order valence-corrected chi connectivity index (χ3v) is 7.43. The molecule has 2 N–H and O–H groups in total. The molecular weight excluding hydrogens is 464 g/mol. The molecule has 1 saturated carbocycles. The lowest BCUT2D eigenvalue weighted by molar-refractivity contribution is -0.283. The monoisotopic (exact) mass is 494 g/mol. The molecule has 0 aromatic heterocycles. The first-order valence-corrected chi connectivity index (χ1v) is 12.6. The first kappa shape index (κ1) is 24.3. The van der Waals surface area contributed by atoms with E-state index in [2.05, 4.69) is 6.07 Å². The highest BCUT2D eigenvalue weighted by molar-refractivity contribution is 6.31. The van der Waals surface area contributed by atoms with Gasteiger partial charge in [0.15, 0.2) is 6.29 Å². The number of rotatable bonds is 6.